The third-order valence-electron chi connectivity index (χ3n) is 2.97. The molecular weight excluding hydrogens is 216 g/mol. The smallest absolute Gasteiger partial charge is 0.337 e. The highest BCUT2D eigenvalue weighted by molar-refractivity contribution is 6.00. The molecule has 3 nitrogen and oxygen atoms in total. The fourth-order valence-electron chi connectivity index (χ4n) is 1.64. The maximum absolute atomic E-state index is 12.0. The highest BCUT2D eigenvalue weighted by Crippen LogP contribution is 2.17. The number of carbonyl (C=O) groups excluding carboxylic acids is 2. The standard InChI is InChI=1S/C14H18O3/c1-5-9(2)13(15)12-7-6-11(8-10(12)3)14(16)17-4/h6-9H,5H2,1-4H3. The molecule has 0 aliphatic heterocycles. The van der Waals surface area contributed by atoms with Crippen molar-refractivity contribution in [2.24, 2.45) is 5.92 Å². The number of carbonyl (C=O) groups is 2. The van der Waals surface area contributed by atoms with Crippen LogP contribution in [0.2, 0.25) is 0 Å². The van der Waals surface area contributed by atoms with Gasteiger partial charge < -0.3 is 4.74 Å². The van der Waals surface area contributed by atoms with Crippen molar-refractivity contribution >= 4 is 11.8 Å². The van der Waals surface area contributed by atoms with Gasteiger partial charge in [-0.1, -0.05) is 19.9 Å². The van der Waals surface area contributed by atoms with Gasteiger partial charge in [0.2, 0.25) is 0 Å². The predicted molar refractivity (Wildman–Crippen MR) is 66.3 cm³/mol. The van der Waals surface area contributed by atoms with Gasteiger partial charge in [-0.3, -0.25) is 4.79 Å². The lowest BCUT2D eigenvalue weighted by Crippen LogP contribution is -2.12. The van der Waals surface area contributed by atoms with Gasteiger partial charge in [0.1, 0.15) is 0 Å². The molecule has 0 saturated heterocycles. The minimum Gasteiger partial charge on any atom is -0.465 e. The number of esters is 1. The Balaban J connectivity index is 3.06. The second-order valence-corrected chi connectivity index (χ2v) is 4.19. The normalized spacial score (nSPS) is 12.0. The first-order valence-electron chi connectivity index (χ1n) is 5.74. The summed E-state index contributed by atoms with van der Waals surface area (Å²) >= 11 is 0. The molecule has 1 aromatic rings. The number of Topliss-reactive ketones (excluding diaryl/α,β-unsaturated/α-hetero) is 1. The number of aryl methyl sites for hydroxylation is 1. The van der Waals surface area contributed by atoms with Crippen molar-refractivity contribution in [2.75, 3.05) is 7.11 Å². The number of rotatable bonds is 4. The maximum atomic E-state index is 12.0. The van der Waals surface area contributed by atoms with Crippen LogP contribution in [0.3, 0.4) is 0 Å². The van der Waals surface area contributed by atoms with E-state index in [2.05, 4.69) is 4.74 Å². The summed E-state index contributed by atoms with van der Waals surface area (Å²) < 4.78 is 4.64. The van der Waals surface area contributed by atoms with Gasteiger partial charge in [-0.15, -0.1) is 0 Å². The molecule has 0 spiro atoms. The van der Waals surface area contributed by atoms with E-state index in [0.29, 0.717) is 11.1 Å². The number of methoxy groups -OCH3 is 1. The molecule has 0 bridgehead atoms. The Kier molecular flexibility index (Phi) is 4.44. The third-order valence-corrected chi connectivity index (χ3v) is 2.97. The molecule has 0 aliphatic rings. The van der Waals surface area contributed by atoms with Crippen LogP contribution in [0, 0.1) is 12.8 Å². The minimum atomic E-state index is -0.379. The molecule has 0 heterocycles. The molecule has 0 aromatic heterocycles. The molecule has 0 aliphatic carbocycles. The van der Waals surface area contributed by atoms with E-state index in [1.807, 2.05) is 20.8 Å². The molecule has 17 heavy (non-hydrogen) atoms. The summed E-state index contributed by atoms with van der Waals surface area (Å²) in [7, 11) is 1.34. The number of ether oxygens (including phenoxy) is 1. The van der Waals surface area contributed by atoms with Crippen molar-refractivity contribution in [3.63, 3.8) is 0 Å². The van der Waals surface area contributed by atoms with Crippen LogP contribution < -0.4 is 0 Å². The van der Waals surface area contributed by atoms with Crippen molar-refractivity contribution in [1.82, 2.24) is 0 Å². The topological polar surface area (TPSA) is 43.4 Å². The first-order chi connectivity index (χ1) is 8.01. The van der Waals surface area contributed by atoms with Crippen molar-refractivity contribution in [3.05, 3.63) is 34.9 Å². The van der Waals surface area contributed by atoms with Crippen LogP contribution in [0.1, 0.15) is 46.5 Å². The first-order valence-corrected chi connectivity index (χ1v) is 5.74. The van der Waals surface area contributed by atoms with Crippen molar-refractivity contribution in [3.8, 4) is 0 Å². The Labute approximate surface area is 102 Å². The zero-order valence-corrected chi connectivity index (χ0v) is 10.7. The van der Waals surface area contributed by atoms with E-state index in [1.165, 1.54) is 7.11 Å². The van der Waals surface area contributed by atoms with E-state index in [1.54, 1.807) is 18.2 Å². The van der Waals surface area contributed by atoms with E-state index < -0.39 is 0 Å². The molecule has 1 aromatic carbocycles. The van der Waals surface area contributed by atoms with Gasteiger partial charge >= 0.3 is 5.97 Å². The maximum Gasteiger partial charge on any atom is 0.337 e. The van der Waals surface area contributed by atoms with E-state index in [0.717, 1.165) is 12.0 Å². The Morgan fingerprint density at radius 2 is 2.00 bits per heavy atom. The zero-order chi connectivity index (χ0) is 13.0. The van der Waals surface area contributed by atoms with Crippen LogP contribution in [0.25, 0.3) is 0 Å². The summed E-state index contributed by atoms with van der Waals surface area (Å²) in [4.78, 5) is 23.4. The van der Waals surface area contributed by atoms with Crippen molar-refractivity contribution in [2.45, 2.75) is 27.2 Å². The van der Waals surface area contributed by atoms with Gasteiger partial charge in [0.15, 0.2) is 5.78 Å². The molecule has 0 radical (unpaired) electrons. The zero-order valence-electron chi connectivity index (χ0n) is 10.7. The average molecular weight is 234 g/mol. The van der Waals surface area contributed by atoms with Gasteiger partial charge in [0.25, 0.3) is 0 Å². The molecule has 0 fully saturated rings. The summed E-state index contributed by atoms with van der Waals surface area (Å²) in [6.45, 7) is 5.73. The monoisotopic (exact) mass is 234 g/mol. The molecule has 1 rings (SSSR count). The molecule has 1 unspecified atom stereocenters. The van der Waals surface area contributed by atoms with Crippen LogP contribution in [0.4, 0.5) is 0 Å². The van der Waals surface area contributed by atoms with Gasteiger partial charge in [-0.25, -0.2) is 4.79 Å². The van der Waals surface area contributed by atoms with Gasteiger partial charge in [0, 0.05) is 11.5 Å². The third kappa shape index (κ3) is 2.93. The first kappa shape index (κ1) is 13.4. The van der Waals surface area contributed by atoms with E-state index >= 15 is 0 Å². The molecule has 0 saturated carbocycles. The van der Waals surface area contributed by atoms with Gasteiger partial charge in [-0.05, 0) is 31.0 Å². The van der Waals surface area contributed by atoms with E-state index in [9.17, 15) is 9.59 Å². The molecule has 3 heteroatoms. The van der Waals surface area contributed by atoms with E-state index in [-0.39, 0.29) is 17.7 Å². The van der Waals surface area contributed by atoms with Gasteiger partial charge in [-0.2, -0.15) is 0 Å². The fraction of sp³-hybridized carbons (Fsp3) is 0.429. The second-order valence-electron chi connectivity index (χ2n) is 4.19. The highest BCUT2D eigenvalue weighted by atomic mass is 16.5. The van der Waals surface area contributed by atoms with Crippen LogP contribution in [0.5, 0.6) is 0 Å². The lowest BCUT2D eigenvalue weighted by atomic mass is 9.93. The lowest BCUT2D eigenvalue weighted by molar-refractivity contribution is 0.0600. The molecule has 92 valence electrons. The molecule has 0 N–H and O–H groups in total. The molecular formula is C14H18O3. The van der Waals surface area contributed by atoms with Crippen LogP contribution in [-0.4, -0.2) is 18.9 Å². The van der Waals surface area contributed by atoms with Crippen LogP contribution >= 0.6 is 0 Å². The number of hydrogen-bond acceptors (Lipinski definition) is 3. The van der Waals surface area contributed by atoms with Crippen molar-refractivity contribution < 1.29 is 14.3 Å². The SMILES string of the molecule is CCC(C)C(=O)c1ccc(C(=O)OC)cc1C. The second kappa shape index (κ2) is 5.62. The molecule has 1 atom stereocenters. The number of ketones is 1. The van der Waals surface area contributed by atoms with Crippen molar-refractivity contribution in [1.29, 1.82) is 0 Å². The predicted octanol–water partition coefficient (Wildman–Crippen LogP) is 3.01. The Hall–Kier alpha value is -1.64. The highest BCUT2D eigenvalue weighted by Gasteiger charge is 2.16. The Morgan fingerprint density at radius 3 is 2.47 bits per heavy atom. The van der Waals surface area contributed by atoms with Crippen LogP contribution in [0.15, 0.2) is 18.2 Å². The van der Waals surface area contributed by atoms with Crippen LogP contribution in [-0.2, 0) is 4.74 Å². The minimum absolute atomic E-state index is 0.0117. The lowest BCUT2D eigenvalue weighted by Gasteiger charge is -2.10. The fourth-order valence-corrected chi connectivity index (χ4v) is 1.64. The largest absolute Gasteiger partial charge is 0.465 e. The summed E-state index contributed by atoms with van der Waals surface area (Å²) in [6.07, 6.45) is 0.816. The summed E-state index contributed by atoms with van der Waals surface area (Å²) in [5, 5.41) is 0. The Morgan fingerprint density at radius 1 is 1.35 bits per heavy atom. The number of benzene rings is 1. The van der Waals surface area contributed by atoms with Gasteiger partial charge in [0.05, 0.1) is 12.7 Å². The Bertz CT molecular complexity index is 435. The number of hydrogen-bond donors (Lipinski definition) is 0. The summed E-state index contributed by atoms with van der Waals surface area (Å²) in [5.41, 5.74) is 1.98. The summed E-state index contributed by atoms with van der Waals surface area (Å²) in [6, 6.07) is 5.03. The average Bonchev–Trinajstić information content (AvgIpc) is 2.35. The van der Waals surface area contributed by atoms with E-state index in [4.69, 9.17) is 0 Å². The quantitative estimate of drug-likeness (QED) is 0.594. The summed E-state index contributed by atoms with van der Waals surface area (Å²) in [5.74, 6) is -0.241. The molecule has 0 amide bonds.